The number of hydrogen-bond acceptors (Lipinski definition) is 2. The van der Waals surface area contributed by atoms with Crippen molar-refractivity contribution in [3.05, 3.63) is 24.3 Å². The molecule has 1 saturated carbocycles. The van der Waals surface area contributed by atoms with E-state index in [1.54, 1.807) is 7.11 Å². The van der Waals surface area contributed by atoms with Crippen molar-refractivity contribution in [3.8, 4) is 5.75 Å². The molecule has 0 heterocycles. The molecule has 1 aliphatic carbocycles. The molecule has 2 nitrogen and oxygen atoms in total. The first-order valence-electron chi connectivity index (χ1n) is 5.26. The van der Waals surface area contributed by atoms with Gasteiger partial charge in [-0.1, -0.05) is 12.8 Å². The Balaban J connectivity index is 1.77. The van der Waals surface area contributed by atoms with Crippen LogP contribution < -0.4 is 10.1 Å². The third-order valence-electron chi connectivity index (χ3n) is 2.67. The maximum atomic E-state index is 5.09. The van der Waals surface area contributed by atoms with Crippen LogP contribution in [0.5, 0.6) is 5.75 Å². The van der Waals surface area contributed by atoms with Crippen LogP contribution in [0.1, 0.15) is 19.3 Å². The first-order chi connectivity index (χ1) is 6.88. The zero-order valence-corrected chi connectivity index (χ0v) is 8.62. The van der Waals surface area contributed by atoms with E-state index in [9.17, 15) is 0 Å². The summed E-state index contributed by atoms with van der Waals surface area (Å²) in [6.45, 7) is 1.09. The summed E-state index contributed by atoms with van der Waals surface area (Å²) >= 11 is 0. The van der Waals surface area contributed by atoms with Gasteiger partial charge in [0.25, 0.3) is 0 Å². The van der Waals surface area contributed by atoms with Crippen LogP contribution in [-0.2, 0) is 0 Å². The van der Waals surface area contributed by atoms with Gasteiger partial charge in [-0.25, -0.2) is 0 Å². The number of nitrogens with one attached hydrogen (secondary N) is 1. The Kier molecular flexibility index (Phi) is 2.92. The molecule has 0 saturated heterocycles. The molecule has 1 fully saturated rings. The average Bonchev–Trinajstić information content (AvgIpc) is 3.03. The van der Waals surface area contributed by atoms with E-state index in [0.717, 1.165) is 18.2 Å². The summed E-state index contributed by atoms with van der Waals surface area (Å²) < 4.78 is 5.09. The van der Waals surface area contributed by atoms with E-state index in [0.29, 0.717) is 0 Å². The van der Waals surface area contributed by atoms with Crippen molar-refractivity contribution in [2.24, 2.45) is 5.92 Å². The lowest BCUT2D eigenvalue weighted by atomic mass is 10.2. The van der Waals surface area contributed by atoms with E-state index in [2.05, 4.69) is 17.4 Å². The summed E-state index contributed by atoms with van der Waals surface area (Å²) in [5.74, 6) is 1.92. The molecular formula is C12H17NO. The maximum absolute atomic E-state index is 5.09. The third kappa shape index (κ3) is 2.66. The fourth-order valence-corrected chi connectivity index (χ4v) is 1.54. The van der Waals surface area contributed by atoms with Gasteiger partial charge in [-0.3, -0.25) is 0 Å². The molecule has 1 aromatic carbocycles. The Morgan fingerprint density at radius 3 is 2.57 bits per heavy atom. The molecule has 0 atom stereocenters. The number of hydrogen-bond donors (Lipinski definition) is 1. The lowest BCUT2D eigenvalue weighted by Crippen LogP contribution is -2.01. The van der Waals surface area contributed by atoms with Crippen LogP contribution in [0.25, 0.3) is 0 Å². The zero-order valence-electron chi connectivity index (χ0n) is 8.62. The first-order valence-corrected chi connectivity index (χ1v) is 5.26. The molecule has 0 amide bonds. The summed E-state index contributed by atoms with van der Waals surface area (Å²) in [5.41, 5.74) is 1.19. The average molecular weight is 191 g/mol. The monoisotopic (exact) mass is 191 g/mol. The van der Waals surface area contributed by atoms with Gasteiger partial charge in [-0.15, -0.1) is 0 Å². The van der Waals surface area contributed by atoms with E-state index in [4.69, 9.17) is 4.74 Å². The predicted molar refractivity (Wildman–Crippen MR) is 58.8 cm³/mol. The van der Waals surface area contributed by atoms with Gasteiger partial charge in [0.15, 0.2) is 0 Å². The van der Waals surface area contributed by atoms with E-state index in [1.165, 1.54) is 24.9 Å². The lowest BCUT2D eigenvalue weighted by Gasteiger charge is -2.06. The Labute approximate surface area is 85.3 Å². The Hall–Kier alpha value is -1.18. The summed E-state index contributed by atoms with van der Waals surface area (Å²) in [7, 11) is 1.69. The summed E-state index contributed by atoms with van der Waals surface area (Å²) in [6.07, 6.45) is 4.18. The van der Waals surface area contributed by atoms with Crippen LogP contribution >= 0.6 is 0 Å². The molecule has 0 aliphatic heterocycles. The highest BCUT2D eigenvalue weighted by Crippen LogP contribution is 2.32. The number of methoxy groups -OCH3 is 1. The second-order valence-electron chi connectivity index (χ2n) is 3.89. The molecule has 1 aliphatic rings. The van der Waals surface area contributed by atoms with Gasteiger partial charge in [0.2, 0.25) is 0 Å². The molecule has 2 rings (SSSR count). The molecule has 1 N–H and O–H groups in total. The molecule has 0 radical (unpaired) electrons. The smallest absolute Gasteiger partial charge is 0.119 e. The highest BCUT2D eigenvalue weighted by atomic mass is 16.5. The second kappa shape index (κ2) is 4.36. The van der Waals surface area contributed by atoms with Gasteiger partial charge in [0.05, 0.1) is 7.11 Å². The number of ether oxygens (including phenoxy) is 1. The minimum Gasteiger partial charge on any atom is -0.497 e. The highest BCUT2D eigenvalue weighted by Gasteiger charge is 2.19. The summed E-state index contributed by atoms with van der Waals surface area (Å²) in [4.78, 5) is 0. The van der Waals surface area contributed by atoms with Crippen molar-refractivity contribution in [2.75, 3.05) is 19.0 Å². The van der Waals surface area contributed by atoms with Crippen molar-refractivity contribution >= 4 is 5.69 Å². The van der Waals surface area contributed by atoms with Crippen LogP contribution in [0, 0.1) is 5.92 Å². The second-order valence-corrected chi connectivity index (χ2v) is 3.89. The minimum atomic E-state index is 0.915. The van der Waals surface area contributed by atoms with Crippen molar-refractivity contribution in [3.63, 3.8) is 0 Å². The summed E-state index contributed by atoms with van der Waals surface area (Å²) in [5, 5.41) is 3.41. The fraction of sp³-hybridized carbons (Fsp3) is 0.500. The van der Waals surface area contributed by atoms with Gasteiger partial charge in [0, 0.05) is 12.2 Å². The topological polar surface area (TPSA) is 21.3 Å². The Morgan fingerprint density at radius 1 is 1.29 bits per heavy atom. The lowest BCUT2D eigenvalue weighted by molar-refractivity contribution is 0.415. The van der Waals surface area contributed by atoms with Crippen LogP contribution in [0.15, 0.2) is 24.3 Å². The summed E-state index contributed by atoms with van der Waals surface area (Å²) in [6, 6.07) is 8.09. The van der Waals surface area contributed by atoms with Gasteiger partial charge < -0.3 is 10.1 Å². The maximum Gasteiger partial charge on any atom is 0.119 e. The minimum absolute atomic E-state index is 0.915. The molecule has 2 heteroatoms. The van der Waals surface area contributed by atoms with Gasteiger partial charge in [-0.2, -0.15) is 0 Å². The van der Waals surface area contributed by atoms with Gasteiger partial charge >= 0.3 is 0 Å². The standard InChI is InChI=1S/C12H17NO/c1-14-12-6-4-11(5-7-12)13-9-8-10-2-3-10/h4-7,10,13H,2-3,8-9H2,1H3. The van der Waals surface area contributed by atoms with E-state index in [-0.39, 0.29) is 0 Å². The highest BCUT2D eigenvalue weighted by molar-refractivity contribution is 5.46. The number of benzene rings is 1. The molecular weight excluding hydrogens is 174 g/mol. The predicted octanol–water partition coefficient (Wildman–Crippen LogP) is 2.91. The molecule has 14 heavy (non-hydrogen) atoms. The number of rotatable bonds is 5. The van der Waals surface area contributed by atoms with Crippen molar-refractivity contribution in [1.29, 1.82) is 0 Å². The fourth-order valence-electron chi connectivity index (χ4n) is 1.54. The molecule has 0 unspecified atom stereocenters. The van der Waals surface area contributed by atoms with Crippen LogP contribution in [0.4, 0.5) is 5.69 Å². The molecule has 0 aromatic heterocycles. The first kappa shape index (κ1) is 9.38. The third-order valence-corrected chi connectivity index (χ3v) is 2.67. The Bertz CT molecular complexity index is 277. The SMILES string of the molecule is COc1ccc(NCCC2CC2)cc1. The quantitative estimate of drug-likeness (QED) is 0.772. The van der Waals surface area contributed by atoms with E-state index in [1.807, 2.05) is 12.1 Å². The zero-order chi connectivity index (χ0) is 9.80. The van der Waals surface area contributed by atoms with Crippen LogP contribution in [0.2, 0.25) is 0 Å². The van der Waals surface area contributed by atoms with Crippen LogP contribution in [0.3, 0.4) is 0 Å². The van der Waals surface area contributed by atoms with Crippen molar-refractivity contribution < 1.29 is 4.74 Å². The molecule has 76 valence electrons. The normalized spacial score (nSPS) is 15.2. The van der Waals surface area contributed by atoms with Gasteiger partial charge in [0.1, 0.15) is 5.75 Å². The van der Waals surface area contributed by atoms with E-state index < -0.39 is 0 Å². The largest absolute Gasteiger partial charge is 0.497 e. The molecule has 0 bridgehead atoms. The number of anilines is 1. The molecule has 0 spiro atoms. The van der Waals surface area contributed by atoms with Crippen molar-refractivity contribution in [1.82, 2.24) is 0 Å². The van der Waals surface area contributed by atoms with Crippen molar-refractivity contribution in [2.45, 2.75) is 19.3 Å². The van der Waals surface area contributed by atoms with E-state index >= 15 is 0 Å². The van der Waals surface area contributed by atoms with Gasteiger partial charge in [-0.05, 0) is 36.6 Å². The Morgan fingerprint density at radius 2 is 2.00 bits per heavy atom. The van der Waals surface area contributed by atoms with Crippen LogP contribution in [-0.4, -0.2) is 13.7 Å². The molecule has 1 aromatic rings.